The van der Waals surface area contributed by atoms with Gasteiger partial charge in [-0.2, -0.15) is 0 Å². The van der Waals surface area contributed by atoms with Gasteiger partial charge in [0.2, 0.25) is 17.7 Å². The van der Waals surface area contributed by atoms with Crippen molar-refractivity contribution >= 4 is 35.6 Å². The SMILES string of the molecule is NC(N)=NCCCC(N)C(=O)NC(CO)C(=O)NC(CO)C(=O)NC(CCC(=O)O)C(=O)O. The number of aliphatic hydroxyl groups is 2. The molecule has 0 rings (SSSR count). The molecule has 0 bridgehead atoms. The molecular weight excluding hydrogens is 446 g/mol. The highest BCUT2D eigenvalue weighted by Gasteiger charge is 2.29. The van der Waals surface area contributed by atoms with Crippen LogP contribution in [0.3, 0.4) is 0 Å². The molecular formula is C17H31N7O9. The quantitative estimate of drug-likeness (QED) is 0.0566. The largest absolute Gasteiger partial charge is 0.481 e. The summed E-state index contributed by atoms with van der Waals surface area (Å²) in [6.45, 7) is -1.59. The number of aliphatic carboxylic acids is 2. The lowest BCUT2D eigenvalue weighted by Gasteiger charge is -2.23. The van der Waals surface area contributed by atoms with E-state index in [2.05, 4.69) is 15.6 Å². The second kappa shape index (κ2) is 15.3. The highest BCUT2D eigenvalue weighted by Crippen LogP contribution is 2.00. The zero-order valence-corrected chi connectivity index (χ0v) is 17.8. The summed E-state index contributed by atoms with van der Waals surface area (Å²) in [5.41, 5.74) is 16.1. The van der Waals surface area contributed by atoms with E-state index >= 15 is 0 Å². The minimum atomic E-state index is -1.64. The van der Waals surface area contributed by atoms with Gasteiger partial charge in [-0.15, -0.1) is 0 Å². The molecule has 16 heteroatoms. The summed E-state index contributed by atoms with van der Waals surface area (Å²) < 4.78 is 0. The molecule has 0 saturated carbocycles. The van der Waals surface area contributed by atoms with Gasteiger partial charge in [0.05, 0.1) is 19.3 Å². The van der Waals surface area contributed by atoms with E-state index in [4.69, 9.17) is 27.4 Å². The van der Waals surface area contributed by atoms with Crippen LogP contribution in [0, 0.1) is 0 Å². The third-order valence-electron chi connectivity index (χ3n) is 4.20. The Kier molecular flexibility index (Phi) is 13.7. The summed E-state index contributed by atoms with van der Waals surface area (Å²) in [5.74, 6) is -5.85. The van der Waals surface area contributed by atoms with Gasteiger partial charge in [0, 0.05) is 13.0 Å². The molecule has 0 saturated heterocycles. The number of rotatable bonds is 16. The van der Waals surface area contributed by atoms with E-state index in [9.17, 15) is 34.2 Å². The molecule has 4 atom stereocenters. The first-order valence-electron chi connectivity index (χ1n) is 9.81. The summed E-state index contributed by atoms with van der Waals surface area (Å²) in [6, 6.07) is -5.79. The van der Waals surface area contributed by atoms with Crippen molar-refractivity contribution in [3.05, 3.63) is 0 Å². The molecule has 0 aliphatic rings. The van der Waals surface area contributed by atoms with Gasteiger partial charge in [0.15, 0.2) is 5.96 Å². The molecule has 3 amide bonds. The number of carboxylic acid groups (broad SMARTS) is 2. The number of guanidine groups is 1. The standard InChI is InChI=1S/C17H31N7O9/c18-8(2-1-5-21-17(19)20)13(29)23-10(6-25)15(31)24-11(7-26)14(30)22-9(16(32)33)3-4-12(27)28/h8-11,25-26H,1-7,18H2,(H,22,30)(H,23,29)(H,24,31)(H,27,28)(H,32,33)(H4,19,20,21). The van der Waals surface area contributed by atoms with Crippen molar-refractivity contribution in [3.63, 3.8) is 0 Å². The lowest BCUT2D eigenvalue weighted by Crippen LogP contribution is -2.59. The van der Waals surface area contributed by atoms with Crippen LogP contribution in [0.4, 0.5) is 0 Å². The smallest absolute Gasteiger partial charge is 0.326 e. The first-order valence-corrected chi connectivity index (χ1v) is 9.81. The fourth-order valence-electron chi connectivity index (χ4n) is 2.39. The number of nitrogens with zero attached hydrogens (tertiary/aromatic N) is 1. The molecule has 0 aliphatic carbocycles. The molecule has 0 spiro atoms. The second-order valence-electron chi connectivity index (χ2n) is 6.87. The van der Waals surface area contributed by atoms with E-state index in [0.717, 1.165) is 0 Å². The number of hydrogen-bond donors (Lipinski definition) is 10. The van der Waals surface area contributed by atoms with Gasteiger partial charge in [-0.3, -0.25) is 24.2 Å². The van der Waals surface area contributed by atoms with Crippen LogP contribution in [0.1, 0.15) is 25.7 Å². The Morgan fingerprint density at radius 3 is 1.70 bits per heavy atom. The Morgan fingerprint density at radius 2 is 1.27 bits per heavy atom. The number of nitrogens with two attached hydrogens (primary N) is 3. The normalized spacial score (nSPS) is 14.2. The predicted octanol–water partition coefficient (Wildman–Crippen LogP) is -5.24. The average Bonchev–Trinajstić information content (AvgIpc) is 2.74. The van der Waals surface area contributed by atoms with Gasteiger partial charge in [-0.05, 0) is 19.3 Å². The number of carbonyl (C=O) groups is 5. The minimum Gasteiger partial charge on any atom is -0.481 e. The number of carboxylic acids is 2. The number of aliphatic imine (C=N–C) groups is 1. The third kappa shape index (κ3) is 12.2. The third-order valence-corrected chi connectivity index (χ3v) is 4.20. The molecule has 16 nitrogen and oxygen atoms in total. The second-order valence-corrected chi connectivity index (χ2v) is 6.87. The first kappa shape index (κ1) is 29.5. The Bertz CT molecular complexity index is 728. The van der Waals surface area contributed by atoms with Crippen molar-refractivity contribution in [2.24, 2.45) is 22.2 Å². The maximum absolute atomic E-state index is 12.3. The van der Waals surface area contributed by atoms with Gasteiger partial charge < -0.3 is 53.6 Å². The van der Waals surface area contributed by atoms with Gasteiger partial charge >= 0.3 is 11.9 Å². The lowest BCUT2D eigenvalue weighted by molar-refractivity contribution is -0.143. The first-order chi connectivity index (χ1) is 15.4. The Labute approximate surface area is 188 Å². The van der Waals surface area contributed by atoms with Crippen LogP contribution in [0.2, 0.25) is 0 Å². The molecule has 0 aliphatic heterocycles. The van der Waals surface area contributed by atoms with Crippen LogP contribution >= 0.6 is 0 Å². The number of hydrogen-bond acceptors (Lipinski definition) is 9. The lowest BCUT2D eigenvalue weighted by atomic mass is 10.1. The number of amides is 3. The fourth-order valence-corrected chi connectivity index (χ4v) is 2.39. The maximum atomic E-state index is 12.3. The number of carbonyl (C=O) groups excluding carboxylic acids is 3. The van der Waals surface area contributed by atoms with Crippen molar-refractivity contribution in [1.82, 2.24) is 16.0 Å². The van der Waals surface area contributed by atoms with Crippen molar-refractivity contribution in [3.8, 4) is 0 Å². The minimum absolute atomic E-state index is 0.121. The van der Waals surface area contributed by atoms with Crippen molar-refractivity contribution in [2.75, 3.05) is 19.8 Å². The fraction of sp³-hybridized carbons (Fsp3) is 0.647. The van der Waals surface area contributed by atoms with E-state index < -0.39 is 79.9 Å². The van der Waals surface area contributed by atoms with Crippen molar-refractivity contribution in [1.29, 1.82) is 0 Å². The number of nitrogens with one attached hydrogen (secondary N) is 3. The Balaban J connectivity index is 4.90. The Morgan fingerprint density at radius 1 is 0.788 bits per heavy atom. The molecule has 13 N–H and O–H groups in total. The van der Waals surface area contributed by atoms with E-state index in [1.54, 1.807) is 0 Å². The monoisotopic (exact) mass is 477 g/mol. The van der Waals surface area contributed by atoms with Crippen LogP contribution in [-0.4, -0.2) is 100.0 Å². The van der Waals surface area contributed by atoms with Gasteiger partial charge in [-0.1, -0.05) is 0 Å². The van der Waals surface area contributed by atoms with Crippen molar-refractivity contribution in [2.45, 2.75) is 49.9 Å². The zero-order chi connectivity index (χ0) is 25.6. The molecule has 0 heterocycles. The molecule has 0 radical (unpaired) electrons. The van der Waals surface area contributed by atoms with Crippen LogP contribution < -0.4 is 33.2 Å². The van der Waals surface area contributed by atoms with Crippen molar-refractivity contribution < 1.29 is 44.4 Å². The molecule has 33 heavy (non-hydrogen) atoms. The average molecular weight is 477 g/mol. The summed E-state index contributed by atoms with van der Waals surface area (Å²) >= 11 is 0. The van der Waals surface area contributed by atoms with Gasteiger partial charge in [0.1, 0.15) is 18.1 Å². The molecule has 0 fully saturated rings. The summed E-state index contributed by atoms with van der Waals surface area (Å²) in [7, 11) is 0. The number of aliphatic hydroxyl groups excluding tert-OH is 2. The van der Waals surface area contributed by atoms with Crippen LogP contribution in [0.5, 0.6) is 0 Å². The van der Waals surface area contributed by atoms with E-state index in [0.29, 0.717) is 6.42 Å². The summed E-state index contributed by atoms with van der Waals surface area (Å²) in [5, 5.41) is 42.8. The predicted molar refractivity (Wildman–Crippen MR) is 112 cm³/mol. The van der Waals surface area contributed by atoms with E-state index in [1.165, 1.54) is 0 Å². The molecule has 0 aromatic carbocycles. The highest BCUT2D eigenvalue weighted by atomic mass is 16.4. The molecule has 188 valence electrons. The Hall–Kier alpha value is -3.50. The topological polar surface area (TPSA) is 293 Å². The van der Waals surface area contributed by atoms with E-state index in [-0.39, 0.29) is 18.9 Å². The summed E-state index contributed by atoms with van der Waals surface area (Å²) in [4.78, 5) is 62.2. The van der Waals surface area contributed by atoms with Gasteiger partial charge in [0.25, 0.3) is 0 Å². The maximum Gasteiger partial charge on any atom is 0.326 e. The highest BCUT2D eigenvalue weighted by molar-refractivity contribution is 5.94. The van der Waals surface area contributed by atoms with Crippen LogP contribution in [0.25, 0.3) is 0 Å². The van der Waals surface area contributed by atoms with E-state index in [1.807, 2.05) is 5.32 Å². The van der Waals surface area contributed by atoms with Crippen LogP contribution in [-0.2, 0) is 24.0 Å². The molecule has 0 aromatic heterocycles. The molecule has 0 aromatic rings. The van der Waals surface area contributed by atoms with Crippen LogP contribution in [0.15, 0.2) is 4.99 Å². The zero-order valence-electron chi connectivity index (χ0n) is 17.8. The summed E-state index contributed by atoms with van der Waals surface area (Å²) in [6.07, 6.45) is -0.448. The van der Waals surface area contributed by atoms with Gasteiger partial charge in [-0.25, -0.2) is 4.79 Å². The molecule has 4 unspecified atom stereocenters.